The topological polar surface area (TPSA) is 52.0 Å². The second-order valence-electron chi connectivity index (χ2n) is 0.577. The fourth-order valence-electron chi connectivity index (χ4n) is 0. The molecule has 4 heavy (non-hydrogen) atoms. The van der Waals surface area contributed by atoms with E-state index in [-0.39, 0.29) is 0 Å². The highest BCUT2D eigenvalue weighted by atomic mass is 14.4. The van der Waals surface area contributed by atoms with Gasteiger partial charge in [-0.05, 0) is 0 Å². The third-order valence-corrected chi connectivity index (χ3v) is 0.167. The molecule has 0 aliphatic carbocycles. The van der Waals surface area contributed by atoms with Crippen molar-refractivity contribution < 1.29 is 0 Å². The molecule has 0 aromatic heterocycles. The molecule has 0 spiro atoms. The van der Waals surface area contributed by atoms with Crippen molar-refractivity contribution in [2.75, 3.05) is 0 Å². The lowest BCUT2D eigenvalue weighted by Crippen LogP contribution is -2.22. The largest absolute Gasteiger partial charge is 0.378 e. The number of rotatable bonds is 1. The van der Waals surface area contributed by atoms with Crippen LogP contribution in [0.1, 0.15) is 0 Å². The summed E-state index contributed by atoms with van der Waals surface area (Å²) in [6.07, 6.45) is 0. The van der Waals surface area contributed by atoms with E-state index in [1.165, 1.54) is 0 Å². The molecule has 0 saturated heterocycles. The molecule has 0 radical (unpaired) electrons. The zero-order chi connectivity index (χ0) is 3.41. The maximum absolute atomic E-state index is 4.90. The lowest BCUT2D eigenvalue weighted by Gasteiger charge is -1.62. The van der Waals surface area contributed by atoms with E-state index in [0.717, 1.165) is 0 Å². The quantitative estimate of drug-likeness (QED) is 0.327. The first-order valence-electron chi connectivity index (χ1n) is 1.32. The van der Waals surface area contributed by atoms with Gasteiger partial charge in [0.15, 0.2) is 14.6 Å². The fraction of sp³-hybridized carbons (Fsp3) is 0. The first-order valence-corrected chi connectivity index (χ1v) is 1.32. The van der Waals surface area contributed by atoms with Gasteiger partial charge in [-0.1, -0.05) is 0 Å². The summed E-state index contributed by atoms with van der Waals surface area (Å²) in [5.74, 6) is 0. The second kappa shape index (κ2) is 3.05. The summed E-state index contributed by atoms with van der Waals surface area (Å²) >= 11 is 0. The van der Waals surface area contributed by atoms with Crippen LogP contribution in [0.4, 0.5) is 0 Å². The third kappa shape index (κ3) is 2.05. The predicted molar refractivity (Wildman–Crippen MR) is 22.7 cm³/mol. The maximum Gasteiger partial charge on any atom is 0.179 e. The van der Waals surface area contributed by atoms with Gasteiger partial charge in [0, 0.05) is 0 Å². The molecule has 0 aliphatic heterocycles. The van der Waals surface area contributed by atoms with Gasteiger partial charge >= 0.3 is 0 Å². The SMILES string of the molecule is NBBN. The molecule has 0 saturated carbocycles. The maximum atomic E-state index is 4.90. The Balaban J connectivity index is 1.97. The molecule has 0 rings (SSSR count). The highest BCUT2D eigenvalue weighted by Crippen LogP contribution is 1.09. The summed E-state index contributed by atoms with van der Waals surface area (Å²) in [4.78, 5) is 0. The van der Waals surface area contributed by atoms with Crippen molar-refractivity contribution in [3.63, 3.8) is 0 Å². The molecule has 0 aromatic carbocycles. The van der Waals surface area contributed by atoms with E-state index in [1.807, 2.05) is 0 Å². The minimum Gasteiger partial charge on any atom is -0.378 e. The van der Waals surface area contributed by atoms with E-state index in [2.05, 4.69) is 0 Å². The van der Waals surface area contributed by atoms with Crippen molar-refractivity contribution in [1.82, 2.24) is 0 Å². The van der Waals surface area contributed by atoms with Crippen molar-refractivity contribution in [2.24, 2.45) is 11.3 Å². The van der Waals surface area contributed by atoms with Gasteiger partial charge in [-0.3, -0.25) is 0 Å². The van der Waals surface area contributed by atoms with Crippen molar-refractivity contribution in [3.05, 3.63) is 0 Å². The van der Waals surface area contributed by atoms with Crippen LogP contribution in [-0.4, -0.2) is 14.6 Å². The van der Waals surface area contributed by atoms with Crippen molar-refractivity contribution >= 4 is 14.6 Å². The average molecular weight is 55.7 g/mol. The molecule has 0 bridgehead atoms. The van der Waals surface area contributed by atoms with Gasteiger partial charge in [0.1, 0.15) is 0 Å². The van der Waals surface area contributed by atoms with Crippen LogP contribution in [0.2, 0.25) is 0 Å². The predicted octanol–water partition coefficient (Wildman–Crippen LogP) is -2.48. The molecular formula is H6B2N2. The zero-order valence-corrected chi connectivity index (χ0v) is 2.57. The second-order valence-corrected chi connectivity index (χ2v) is 0.577. The van der Waals surface area contributed by atoms with Gasteiger partial charge in [-0.25, -0.2) is 0 Å². The molecule has 22 valence electrons. The van der Waals surface area contributed by atoms with Crippen LogP contribution in [-0.2, 0) is 0 Å². The van der Waals surface area contributed by atoms with E-state index < -0.39 is 0 Å². The normalized spacial score (nSPS) is 5.50. The van der Waals surface area contributed by atoms with Gasteiger partial charge in [-0.2, -0.15) is 0 Å². The Hall–Kier alpha value is 0.0499. The highest BCUT2D eigenvalue weighted by molar-refractivity contribution is 6.97. The van der Waals surface area contributed by atoms with E-state index in [1.54, 1.807) is 0 Å². The van der Waals surface area contributed by atoms with Crippen molar-refractivity contribution in [1.29, 1.82) is 0 Å². The van der Waals surface area contributed by atoms with Crippen LogP contribution in [0.3, 0.4) is 0 Å². The molecule has 0 atom stereocenters. The van der Waals surface area contributed by atoms with Gasteiger partial charge < -0.3 is 11.3 Å². The van der Waals surface area contributed by atoms with Gasteiger partial charge in [0.2, 0.25) is 0 Å². The molecule has 0 heterocycles. The standard InChI is InChI=1S/B2H6N2/c3-1-2-4/h1-2H,3-4H2. The molecule has 4 heteroatoms. The molecule has 0 amide bonds. The lowest BCUT2D eigenvalue weighted by molar-refractivity contribution is 1.91. The van der Waals surface area contributed by atoms with Crippen LogP contribution >= 0.6 is 0 Å². The Kier molecular flexibility index (Phi) is 3.09. The van der Waals surface area contributed by atoms with Crippen LogP contribution in [0.15, 0.2) is 0 Å². The minimum absolute atomic E-state index is 0.597. The highest BCUT2D eigenvalue weighted by Gasteiger charge is 1.67. The van der Waals surface area contributed by atoms with Crippen molar-refractivity contribution in [3.8, 4) is 0 Å². The van der Waals surface area contributed by atoms with Crippen LogP contribution in [0.25, 0.3) is 0 Å². The average Bonchev–Trinajstić information content (AvgIpc) is 1.37. The van der Waals surface area contributed by atoms with Crippen LogP contribution in [0, 0.1) is 0 Å². The van der Waals surface area contributed by atoms with Crippen molar-refractivity contribution in [2.45, 2.75) is 0 Å². The summed E-state index contributed by atoms with van der Waals surface area (Å²) in [5, 5.41) is 0. The third-order valence-electron chi connectivity index (χ3n) is 0.167. The molecule has 0 unspecified atom stereocenters. The number of nitrogens with two attached hydrogens (primary N) is 2. The Morgan fingerprint density at radius 3 is 1.25 bits per heavy atom. The summed E-state index contributed by atoms with van der Waals surface area (Å²) in [7, 11) is 1.19. The Morgan fingerprint density at radius 2 is 1.25 bits per heavy atom. The lowest BCUT2D eigenvalue weighted by atomic mass is 9.59. The van der Waals surface area contributed by atoms with Gasteiger partial charge in [-0.15, -0.1) is 0 Å². The van der Waals surface area contributed by atoms with E-state index in [0.29, 0.717) is 14.6 Å². The Bertz CT molecular complexity index is 6.00. The Labute approximate surface area is 27.1 Å². The molecule has 0 aliphatic rings. The van der Waals surface area contributed by atoms with Crippen LogP contribution < -0.4 is 11.3 Å². The van der Waals surface area contributed by atoms with Gasteiger partial charge in [0.25, 0.3) is 0 Å². The molecule has 4 N–H and O–H groups in total. The summed E-state index contributed by atoms with van der Waals surface area (Å²) in [5.41, 5.74) is 9.81. The first-order chi connectivity index (χ1) is 1.91. The number of hydrogen-bond acceptors (Lipinski definition) is 2. The summed E-state index contributed by atoms with van der Waals surface area (Å²) in [6.45, 7) is 0. The monoisotopic (exact) mass is 56.1 g/mol. The molecule has 2 nitrogen and oxygen atoms in total. The van der Waals surface area contributed by atoms with Gasteiger partial charge in [0.05, 0.1) is 0 Å². The summed E-state index contributed by atoms with van der Waals surface area (Å²) < 4.78 is 0. The van der Waals surface area contributed by atoms with E-state index in [9.17, 15) is 0 Å². The first kappa shape index (κ1) is 4.05. The van der Waals surface area contributed by atoms with E-state index in [4.69, 9.17) is 11.3 Å². The smallest absolute Gasteiger partial charge is 0.179 e. The Morgan fingerprint density at radius 1 is 1.00 bits per heavy atom. The summed E-state index contributed by atoms with van der Waals surface area (Å²) in [6, 6.07) is 0. The fourth-order valence-corrected chi connectivity index (χ4v) is 0. The zero-order valence-electron chi connectivity index (χ0n) is 2.57. The number of hydrogen-bond donors (Lipinski definition) is 2. The minimum atomic E-state index is 0.597. The van der Waals surface area contributed by atoms with E-state index >= 15 is 0 Å². The molecule has 0 aromatic rings. The molecular weight excluding hydrogens is 49.6 g/mol. The molecule has 0 fully saturated rings. The van der Waals surface area contributed by atoms with Crippen LogP contribution in [0.5, 0.6) is 0 Å².